The summed E-state index contributed by atoms with van der Waals surface area (Å²) in [5.74, 6) is 1.09. The van der Waals surface area contributed by atoms with E-state index in [2.05, 4.69) is 30.9 Å². The van der Waals surface area contributed by atoms with Crippen molar-refractivity contribution in [2.45, 2.75) is 70.9 Å². The second-order valence-electron chi connectivity index (χ2n) is 8.52. The van der Waals surface area contributed by atoms with Crippen LogP contribution in [0, 0.1) is 10.1 Å². The van der Waals surface area contributed by atoms with Crippen LogP contribution >= 0.6 is 0 Å². The Hall–Kier alpha value is -2.96. The molecule has 7 nitrogen and oxygen atoms in total. The van der Waals surface area contributed by atoms with E-state index in [0.717, 1.165) is 31.4 Å². The third-order valence-corrected chi connectivity index (χ3v) is 6.37. The number of phenolic OH excluding ortho intramolecular Hbond substituents is 1. The summed E-state index contributed by atoms with van der Waals surface area (Å²) in [5, 5.41) is 21.4. The van der Waals surface area contributed by atoms with Crippen molar-refractivity contribution in [1.29, 1.82) is 0 Å². The maximum atomic E-state index is 11.4. The molecule has 0 amide bonds. The first kappa shape index (κ1) is 23.7. The number of nitro benzene ring substituents is 1. The average Bonchev–Trinajstić information content (AvgIpc) is 2.78. The van der Waals surface area contributed by atoms with Crippen LogP contribution < -0.4 is 14.4 Å². The fourth-order valence-electron chi connectivity index (χ4n) is 4.79. The lowest BCUT2D eigenvalue weighted by atomic mass is 9.85. The van der Waals surface area contributed by atoms with E-state index in [1.165, 1.54) is 42.5 Å². The monoisotopic (exact) mass is 442 g/mol. The molecule has 0 aromatic heterocycles. The molecule has 2 unspecified atom stereocenters. The molecule has 1 aliphatic rings. The quantitative estimate of drug-likeness (QED) is 0.269. The molecule has 2 atom stereocenters. The normalized spacial score (nSPS) is 17.7. The number of phenols is 1. The van der Waals surface area contributed by atoms with Crippen molar-refractivity contribution < 1.29 is 19.5 Å². The van der Waals surface area contributed by atoms with Crippen molar-refractivity contribution in [2.75, 3.05) is 19.1 Å². The van der Waals surface area contributed by atoms with Crippen molar-refractivity contribution in [2.24, 2.45) is 0 Å². The highest BCUT2D eigenvalue weighted by atomic mass is 16.6. The number of aromatic hydroxyl groups is 1. The number of ether oxygens (including phenoxy) is 2. The van der Waals surface area contributed by atoms with E-state index in [-0.39, 0.29) is 23.5 Å². The Balaban J connectivity index is 2.03. The lowest BCUT2D eigenvalue weighted by Crippen LogP contribution is -2.42. The Bertz CT molecular complexity index is 946. The molecule has 2 aromatic carbocycles. The second-order valence-corrected chi connectivity index (χ2v) is 8.52. The average molecular weight is 443 g/mol. The summed E-state index contributed by atoms with van der Waals surface area (Å²) < 4.78 is 11.1. The molecule has 1 heterocycles. The van der Waals surface area contributed by atoms with Crippen LogP contribution in [0.15, 0.2) is 30.3 Å². The topological polar surface area (TPSA) is 85.1 Å². The third-order valence-electron chi connectivity index (χ3n) is 6.37. The van der Waals surface area contributed by atoms with Crippen molar-refractivity contribution in [1.82, 2.24) is 0 Å². The summed E-state index contributed by atoms with van der Waals surface area (Å²) in [5.41, 5.74) is 2.88. The van der Waals surface area contributed by atoms with Crippen molar-refractivity contribution in [3.05, 3.63) is 51.6 Å². The van der Waals surface area contributed by atoms with E-state index < -0.39 is 4.92 Å². The number of hydrogen-bond acceptors (Lipinski definition) is 6. The van der Waals surface area contributed by atoms with Gasteiger partial charge < -0.3 is 19.5 Å². The van der Waals surface area contributed by atoms with Gasteiger partial charge in [0.15, 0.2) is 17.2 Å². The molecule has 3 rings (SSSR count). The first-order chi connectivity index (χ1) is 15.4. The Morgan fingerprint density at radius 1 is 1.09 bits per heavy atom. The summed E-state index contributed by atoms with van der Waals surface area (Å²) in [6.45, 7) is 4.35. The summed E-state index contributed by atoms with van der Waals surface area (Å²) >= 11 is 0. The standard InChI is InChI=1S/C25H34N2O5/c1-5-6-7-8-9-10-21-20-16-25(32-4)24(31-3)14-18(20)13-17(2)26(21)19-11-12-23(28)22(15-19)27(29)30/h11-12,14-17,21,28H,5-10,13H2,1-4H3. The molecule has 0 saturated heterocycles. The van der Waals surface area contributed by atoms with Gasteiger partial charge in [-0.2, -0.15) is 0 Å². The minimum absolute atomic E-state index is 0.0549. The molecule has 1 N–H and O–H groups in total. The van der Waals surface area contributed by atoms with Gasteiger partial charge in [-0.1, -0.05) is 39.0 Å². The van der Waals surface area contributed by atoms with Gasteiger partial charge in [0.1, 0.15) is 0 Å². The van der Waals surface area contributed by atoms with Crippen molar-refractivity contribution >= 4 is 11.4 Å². The van der Waals surface area contributed by atoms with Crippen molar-refractivity contribution in [3.63, 3.8) is 0 Å². The van der Waals surface area contributed by atoms with Crippen LogP contribution in [0.1, 0.15) is 69.5 Å². The lowest BCUT2D eigenvalue weighted by Gasteiger charge is -2.44. The summed E-state index contributed by atoms with van der Waals surface area (Å²) in [7, 11) is 3.28. The smallest absolute Gasteiger partial charge is 0.312 e. The number of benzene rings is 2. The summed E-state index contributed by atoms with van der Waals surface area (Å²) in [6.07, 6.45) is 7.59. The van der Waals surface area contributed by atoms with Crippen LogP contribution in [0.3, 0.4) is 0 Å². The molecule has 1 aliphatic heterocycles. The molecular formula is C25H34N2O5. The number of fused-ring (bicyclic) bond motifs is 1. The Kier molecular flexibility index (Phi) is 7.83. The number of anilines is 1. The van der Waals surface area contributed by atoms with Crippen LogP contribution in [-0.2, 0) is 6.42 Å². The molecule has 0 saturated carbocycles. The van der Waals surface area contributed by atoms with E-state index in [4.69, 9.17) is 9.47 Å². The SMILES string of the molecule is CCCCCCCC1c2cc(OC)c(OC)cc2CC(C)N1c1ccc(O)c([N+](=O)[O-])c1. The van der Waals surface area contributed by atoms with Crippen molar-refractivity contribution in [3.8, 4) is 17.2 Å². The maximum Gasteiger partial charge on any atom is 0.312 e. The molecule has 0 radical (unpaired) electrons. The number of nitro groups is 1. The number of methoxy groups -OCH3 is 2. The molecular weight excluding hydrogens is 408 g/mol. The van der Waals surface area contributed by atoms with E-state index in [1.54, 1.807) is 20.3 Å². The number of nitrogens with zero attached hydrogens (tertiary/aromatic N) is 2. The molecule has 2 aromatic rings. The highest BCUT2D eigenvalue weighted by Gasteiger charge is 2.34. The zero-order chi connectivity index (χ0) is 23.3. The first-order valence-corrected chi connectivity index (χ1v) is 11.4. The molecule has 32 heavy (non-hydrogen) atoms. The predicted octanol–water partition coefficient (Wildman–Crippen LogP) is 6.17. The van der Waals surface area contributed by atoms with Gasteiger partial charge in [0.2, 0.25) is 0 Å². The Labute approximate surface area is 190 Å². The predicted molar refractivity (Wildman–Crippen MR) is 126 cm³/mol. The lowest BCUT2D eigenvalue weighted by molar-refractivity contribution is -0.385. The highest BCUT2D eigenvalue weighted by Crippen LogP contribution is 2.45. The van der Waals surface area contributed by atoms with Gasteiger partial charge in [0.05, 0.1) is 25.2 Å². The number of unbranched alkanes of at least 4 members (excludes halogenated alkanes) is 4. The van der Waals surface area contributed by atoms with Gasteiger partial charge in [-0.15, -0.1) is 0 Å². The van der Waals surface area contributed by atoms with Gasteiger partial charge in [-0.05, 0) is 55.2 Å². The van der Waals surface area contributed by atoms with Crippen LogP contribution in [0.25, 0.3) is 0 Å². The van der Waals surface area contributed by atoms with Gasteiger partial charge in [-0.3, -0.25) is 10.1 Å². The van der Waals surface area contributed by atoms with E-state index in [0.29, 0.717) is 11.5 Å². The zero-order valence-corrected chi connectivity index (χ0v) is 19.5. The molecule has 0 aliphatic carbocycles. The van der Waals surface area contributed by atoms with Gasteiger partial charge in [0, 0.05) is 17.8 Å². The van der Waals surface area contributed by atoms with Gasteiger partial charge in [-0.25, -0.2) is 0 Å². The first-order valence-electron chi connectivity index (χ1n) is 11.4. The number of hydrogen-bond donors (Lipinski definition) is 1. The Morgan fingerprint density at radius 2 is 1.78 bits per heavy atom. The molecule has 0 bridgehead atoms. The fraction of sp³-hybridized carbons (Fsp3) is 0.520. The van der Waals surface area contributed by atoms with E-state index in [9.17, 15) is 15.2 Å². The van der Waals surface area contributed by atoms with Gasteiger partial charge >= 0.3 is 5.69 Å². The van der Waals surface area contributed by atoms with Gasteiger partial charge in [0.25, 0.3) is 0 Å². The van der Waals surface area contributed by atoms with E-state index in [1.807, 2.05) is 0 Å². The molecule has 174 valence electrons. The Morgan fingerprint density at radius 3 is 2.44 bits per heavy atom. The van der Waals surface area contributed by atoms with Crippen LogP contribution in [-0.4, -0.2) is 30.3 Å². The minimum Gasteiger partial charge on any atom is -0.502 e. The summed E-state index contributed by atoms with van der Waals surface area (Å²) in [6, 6.07) is 8.98. The third kappa shape index (κ3) is 4.92. The van der Waals surface area contributed by atoms with Crippen LogP contribution in [0.5, 0.6) is 17.2 Å². The van der Waals surface area contributed by atoms with Crippen LogP contribution in [0.4, 0.5) is 11.4 Å². The summed E-state index contributed by atoms with van der Waals surface area (Å²) in [4.78, 5) is 13.2. The minimum atomic E-state index is -0.533. The fourth-order valence-corrected chi connectivity index (χ4v) is 4.79. The molecule has 7 heteroatoms. The molecule has 0 spiro atoms. The number of rotatable bonds is 10. The van der Waals surface area contributed by atoms with Crippen LogP contribution in [0.2, 0.25) is 0 Å². The second kappa shape index (κ2) is 10.6. The zero-order valence-electron chi connectivity index (χ0n) is 19.5. The largest absolute Gasteiger partial charge is 0.502 e. The molecule has 0 fully saturated rings. The van der Waals surface area contributed by atoms with E-state index >= 15 is 0 Å². The highest BCUT2D eigenvalue weighted by molar-refractivity contribution is 5.63. The maximum absolute atomic E-state index is 11.4.